The second kappa shape index (κ2) is 11.1. The number of hydrogen-bond acceptors (Lipinski definition) is 4. The van der Waals surface area contributed by atoms with E-state index in [2.05, 4.69) is 39.8 Å². The minimum atomic E-state index is -0.686. The number of carbonyl (C=O) groups excluding carboxylic acids is 2. The number of rotatable bonds is 7. The SMILES string of the molecule is CC(C)(C)OC(=O)N[C@@H](Cc1ccccc1)C(=O)NC1CCN(Cc2ccccc2)CC1. The number of hydrogen-bond donors (Lipinski definition) is 2. The van der Waals surface area contributed by atoms with E-state index in [-0.39, 0.29) is 11.9 Å². The van der Waals surface area contributed by atoms with Crippen LogP contribution in [-0.4, -0.2) is 47.7 Å². The van der Waals surface area contributed by atoms with E-state index in [4.69, 9.17) is 4.74 Å². The van der Waals surface area contributed by atoms with Crippen LogP contribution in [0.25, 0.3) is 0 Å². The molecule has 0 radical (unpaired) electrons. The molecule has 2 amide bonds. The van der Waals surface area contributed by atoms with Gasteiger partial charge in [0.05, 0.1) is 0 Å². The first-order valence-corrected chi connectivity index (χ1v) is 11.4. The van der Waals surface area contributed by atoms with Crippen molar-refractivity contribution < 1.29 is 14.3 Å². The van der Waals surface area contributed by atoms with Crippen molar-refractivity contribution in [2.75, 3.05) is 13.1 Å². The number of likely N-dealkylation sites (tertiary alicyclic amines) is 1. The zero-order valence-corrected chi connectivity index (χ0v) is 19.3. The summed E-state index contributed by atoms with van der Waals surface area (Å²) in [5.74, 6) is -0.166. The van der Waals surface area contributed by atoms with Gasteiger partial charge in [0, 0.05) is 32.1 Å². The van der Waals surface area contributed by atoms with Gasteiger partial charge in [-0.25, -0.2) is 4.79 Å². The summed E-state index contributed by atoms with van der Waals surface area (Å²) < 4.78 is 5.38. The third kappa shape index (κ3) is 8.00. The van der Waals surface area contributed by atoms with Crippen LogP contribution in [0, 0.1) is 0 Å². The number of benzene rings is 2. The molecule has 1 saturated heterocycles. The third-order valence-corrected chi connectivity index (χ3v) is 5.47. The molecule has 1 aliphatic rings. The summed E-state index contributed by atoms with van der Waals surface area (Å²) in [7, 11) is 0. The van der Waals surface area contributed by atoms with E-state index in [1.807, 2.05) is 57.2 Å². The first kappa shape index (κ1) is 23.8. The average Bonchev–Trinajstić information content (AvgIpc) is 2.75. The lowest BCUT2D eigenvalue weighted by Gasteiger charge is -2.33. The quantitative estimate of drug-likeness (QED) is 0.689. The molecular weight excluding hydrogens is 402 g/mol. The lowest BCUT2D eigenvalue weighted by atomic mass is 10.0. The van der Waals surface area contributed by atoms with Crippen molar-refractivity contribution >= 4 is 12.0 Å². The Kier molecular flexibility index (Phi) is 8.28. The fraction of sp³-hybridized carbons (Fsp3) is 0.462. The number of nitrogens with zero attached hydrogens (tertiary/aromatic N) is 1. The molecule has 2 N–H and O–H groups in total. The summed E-state index contributed by atoms with van der Waals surface area (Å²) in [6, 6.07) is 19.6. The van der Waals surface area contributed by atoms with E-state index in [9.17, 15) is 9.59 Å². The van der Waals surface area contributed by atoms with Gasteiger partial charge in [0.2, 0.25) is 5.91 Å². The molecule has 0 aromatic heterocycles. The standard InChI is InChI=1S/C26H35N3O3/c1-26(2,3)32-25(31)28-23(18-20-10-6-4-7-11-20)24(30)27-22-14-16-29(17-15-22)19-21-12-8-5-9-13-21/h4-13,22-23H,14-19H2,1-3H3,(H,27,30)(H,28,31)/t23-/m0/s1. The predicted molar refractivity (Wildman–Crippen MR) is 126 cm³/mol. The summed E-state index contributed by atoms with van der Waals surface area (Å²) >= 11 is 0. The number of carbonyl (C=O) groups is 2. The van der Waals surface area contributed by atoms with Crippen molar-refractivity contribution in [2.45, 2.75) is 64.3 Å². The van der Waals surface area contributed by atoms with Crippen molar-refractivity contribution in [3.63, 3.8) is 0 Å². The second-order valence-corrected chi connectivity index (χ2v) is 9.43. The Morgan fingerprint density at radius 3 is 2.09 bits per heavy atom. The van der Waals surface area contributed by atoms with Gasteiger partial charge in [0.1, 0.15) is 11.6 Å². The predicted octanol–water partition coefficient (Wildman–Crippen LogP) is 3.90. The first-order valence-electron chi connectivity index (χ1n) is 11.4. The van der Waals surface area contributed by atoms with Crippen LogP contribution >= 0.6 is 0 Å². The zero-order chi connectivity index (χ0) is 23.0. The highest BCUT2D eigenvalue weighted by molar-refractivity contribution is 5.86. The molecule has 0 spiro atoms. The van der Waals surface area contributed by atoms with Crippen LogP contribution < -0.4 is 10.6 Å². The van der Waals surface area contributed by atoms with Crippen LogP contribution in [0.2, 0.25) is 0 Å². The Bertz CT molecular complexity index is 857. The van der Waals surface area contributed by atoms with E-state index in [0.717, 1.165) is 38.0 Å². The molecule has 1 heterocycles. The van der Waals surface area contributed by atoms with E-state index >= 15 is 0 Å². The maximum Gasteiger partial charge on any atom is 0.408 e. The molecule has 0 bridgehead atoms. The van der Waals surface area contributed by atoms with Crippen molar-refractivity contribution in [3.8, 4) is 0 Å². The number of alkyl carbamates (subject to hydrolysis) is 1. The second-order valence-electron chi connectivity index (χ2n) is 9.43. The molecule has 3 rings (SSSR count). The number of nitrogens with one attached hydrogen (secondary N) is 2. The van der Waals surface area contributed by atoms with Gasteiger partial charge in [0.15, 0.2) is 0 Å². The van der Waals surface area contributed by atoms with Gasteiger partial charge in [-0.3, -0.25) is 9.69 Å². The van der Waals surface area contributed by atoms with Crippen LogP contribution in [-0.2, 0) is 22.5 Å². The fourth-order valence-electron chi connectivity index (χ4n) is 3.89. The van der Waals surface area contributed by atoms with E-state index in [1.165, 1.54) is 5.56 Å². The molecule has 2 aromatic carbocycles. The maximum absolute atomic E-state index is 13.1. The van der Waals surface area contributed by atoms with E-state index in [1.54, 1.807) is 0 Å². The molecule has 0 aliphatic carbocycles. The minimum absolute atomic E-state index is 0.105. The highest BCUT2D eigenvalue weighted by atomic mass is 16.6. The molecular formula is C26H35N3O3. The smallest absolute Gasteiger partial charge is 0.408 e. The Hall–Kier alpha value is -2.86. The van der Waals surface area contributed by atoms with Gasteiger partial charge in [-0.1, -0.05) is 60.7 Å². The minimum Gasteiger partial charge on any atom is -0.444 e. The Morgan fingerprint density at radius 1 is 0.969 bits per heavy atom. The highest BCUT2D eigenvalue weighted by Crippen LogP contribution is 2.15. The number of amides is 2. The average molecular weight is 438 g/mol. The molecule has 6 nitrogen and oxygen atoms in total. The first-order chi connectivity index (χ1) is 15.3. The number of piperidine rings is 1. The van der Waals surface area contributed by atoms with Crippen LogP contribution in [0.3, 0.4) is 0 Å². The summed E-state index contributed by atoms with van der Waals surface area (Å²) in [6.45, 7) is 8.22. The Balaban J connectivity index is 1.55. The Labute approximate surface area is 191 Å². The molecule has 0 saturated carbocycles. The van der Waals surface area contributed by atoms with Gasteiger partial charge in [-0.05, 0) is 44.7 Å². The van der Waals surface area contributed by atoms with Crippen LogP contribution in [0.15, 0.2) is 60.7 Å². The van der Waals surface area contributed by atoms with Crippen molar-refractivity contribution in [1.82, 2.24) is 15.5 Å². The van der Waals surface area contributed by atoms with Gasteiger partial charge in [0.25, 0.3) is 0 Å². The molecule has 1 fully saturated rings. The molecule has 32 heavy (non-hydrogen) atoms. The third-order valence-electron chi connectivity index (χ3n) is 5.47. The van der Waals surface area contributed by atoms with Crippen molar-refractivity contribution in [1.29, 1.82) is 0 Å². The fourth-order valence-corrected chi connectivity index (χ4v) is 3.89. The monoisotopic (exact) mass is 437 g/mol. The molecule has 1 aliphatic heterocycles. The van der Waals surface area contributed by atoms with Crippen LogP contribution in [0.1, 0.15) is 44.7 Å². The normalized spacial score (nSPS) is 16.2. The maximum atomic E-state index is 13.1. The van der Waals surface area contributed by atoms with Crippen molar-refractivity contribution in [3.05, 3.63) is 71.8 Å². The lowest BCUT2D eigenvalue weighted by molar-refractivity contribution is -0.124. The van der Waals surface area contributed by atoms with Crippen molar-refractivity contribution in [2.24, 2.45) is 0 Å². The van der Waals surface area contributed by atoms with Gasteiger partial charge in [-0.15, -0.1) is 0 Å². The van der Waals surface area contributed by atoms with Gasteiger partial charge >= 0.3 is 6.09 Å². The lowest BCUT2D eigenvalue weighted by Crippen LogP contribution is -2.53. The summed E-state index contributed by atoms with van der Waals surface area (Å²) in [5, 5.41) is 5.93. The van der Waals surface area contributed by atoms with E-state index in [0.29, 0.717) is 6.42 Å². The highest BCUT2D eigenvalue weighted by Gasteiger charge is 2.28. The largest absolute Gasteiger partial charge is 0.444 e. The zero-order valence-electron chi connectivity index (χ0n) is 19.3. The van der Waals surface area contributed by atoms with E-state index < -0.39 is 17.7 Å². The van der Waals surface area contributed by atoms with Gasteiger partial charge in [-0.2, -0.15) is 0 Å². The molecule has 1 atom stereocenters. The topological polar surface area (TPSA) is 70.7 Å². The number of ether oxygens (including phenoxy) is 1. The molecule has 172 valence electrons. The molecule has 0 unspecified atom stereocenters. The van der Waals surface area contributed by atoms with Crippen LogP contribution in [0.5, 0.6) is 0 Å². The Morgan fingerprint density at radius 2 is 1.53 bits per heavy atom. The summed E-state index contributed by atoms with van der Waals surface area (Å²) in [4.78, 5) is 27.9. The van der Waals surface area contributed by atoms with Crippen LogP contribution in [0.4, 0.5) is 4.79 Å². The molecule has 2 aromatic rings. The van der Waals surface area contributed by atoms with Gasteiger partial charge < -0.3 is 15.4 Å². The summed E-state index contributed by atoms with van der Waals surface area (Å²) in [6.07, 6.45) is 1.62. The molecule has 6 heteroatoms. The summed E-state index contributed by atoms with van der Waals surface area (Å²) in [5.41, 5.74) is 1.67.